The molecule has 1 aliphatic carbocycles. The van der Waals surface area contributed by atoms with Gasteiger partial charge in [-0.3, -0.25) is 4.79 Å². The van der Waals surface area contributed by atoms with E-state index in [0.717, 1.165) is 58.8 Å². The number of carbonyl (C=O) groups is 2. The van der Waals surface area contributed by atoms with Gasteiger partial charge in [0.05, 0.1) is 16.8 Å². The minimum atomic E-state index is -0.511. The summed E-state index contributed by atoms with van der Waals surface area (Å²) in [6.07, 6.45) is 1.98. The highest BCUT2D eigenvalue weighted by molar-refractivity contribution is 5.99. The first-order valence-corrected chi connectivity index (χ1v) is 11.7. The largest absolute Gasteiger partial charge is 0.444 e. The van der Waals surface area contributed by atoms with Gasteiger partial charge in [0, 0.05) is 42.0 Å². The second-order valence-electron chi connectivity index (χ2n) is 10.1. The summed E-state index contributed by atoms with van der Waals surface area (Å²) >= 11 is 0. The third-order valence-corrected chi connectivity index (χ3v) is 6.16. The molecule has 178 valence electrons. The number of hydrogen-bond acceptors (Lipinski definition) is 6. The van der Waals surface area contributed by atoms with Gasteiger partial charge in [-0.25, -0.2) is 14.8 Å². The Bertz CT molecular complexity index is 1270. The van der Waals surface area contributed by atoms with Crippen molar-refractivity contribution in [3.05, 3.63) is 41.2 Å². The quantitative estimate of drug-likeness (QED) is 0.469. The molecule has 9 nitrogen and oxygen atoms in total. The first kappa shape index (κ1) is 22.2. The van der Waals surface area contributed by atoms with Gasteiger partial charge >= 0.3 is 6.09 Å². The molecular formula is C25H30N6O3. The number of anilines is 1. The van der Waals surface area contributed by atoms with Crippen LogP contribution in [0.15, 0.2) is 24.3 Å². The molecule has 1 saturated carbocycles. The summed E-state index contributed by atoms with van der Waals surface area (Å²) < 4.78 is 5.34. The summed E-state index contributed by atoms with van der Waals surface area (Å²) in [6, 6.07) is 8.06. The number of benzene rings is 1. The molecule has 1 aromatic carbocycles. The van der Waals surface area contributed by atoms with Crippen molar-refractivity contribution in [3.8, 4) is 11.3 Å². The molecular weight excluding hydrogens is 432 g/mol. The van der Waals surface area contributed by atoms with Crippen molar-refractivity contribution >= 4 is 28.9 Å². The van der Waals surface area contributed by atoms with E-state index < -0.39 is 5.60 Å². The van der Waals surface area contributed by atoms with Crippen LogP contribution in [-0.4, -0.2) is 51.2 Å². The van der Waals surface area contributed by atoms with Crippen LogP contribution in [0.1, 0.15) is 55.4 Å². The normalized spacial score (nSPS) is 19.7. The molecule has 0 spiro atoms. The van der Waals surface area contributed by atoms with E-state index in [1.54, 1.807) is 0 Å². The van der Waals surface area contributed by atoms with Gasteiger partial charge < -0.3 is 25.7 Å². The molecule has 0 unspecified atom stereocenters. The molecule has 4 N–H and O–H groups in total. The number of H-pyrrole nitrogens is 1. The number of rotatable bonds is 4. The first-order chi connectivity index (χ1) is 16.2. The Morgan fingerprint density at radius 3 is 2.68 bits per heavy atom. The number of aryl methyl sites for hydroxylation is 1. The molecule has 0 saturated heterocycles. The number of nitrogens with zero attached hydrogens (tertiary/aromatic N) is 2. The van der Waals surface area contributed by atoms with Crippen molar-refractivity contribution in [2.24, 2.45) is 0 Å². The lowest BCUT2D eigenvalue weighted by molar-refractivity contribution is 0.0475. The summed E-state index contributed by atoms with van der Waals surface area (Å²) in [6.45, 7) is 8.13. The smallest absolute Gasteiger partial charge is 0.407 e. The molecule has 34 heavy (non-hydrogen) atoms. The van der Waals surface area contributed by atoms with Crippen molar-refractivity contribution < 1.29 is 14.3 Å². The van der Waals surface area contributed by atoms with Crippen LogP contribution in [0.25, 0.3) is 22.3 Å². The van der Waals surface area contributed by atoms with Crippen molar-refractivity contribution in [1.29, 1.82) is 0 Å². The zero-order valence-corrected chi connectivity index (χ0v) is 19.9. The third-order valence-electron chi connectivity index (χ3n) is 6.16. The van der Waals surface area contributed by atoms with Gasteiger partial charge in [-0.05, 0) is 52.7 Å². The van der Waals surface area contributed by atoms with Gasteiger partial charge in [0.2, 0.25) is 0 Å². The average molecular weight is 463 g/mol. The van der Waals surface area contributed by atoms with Gasteiger partial charge in [-0.2, -0.15) is 0 Å². The lowest BCUT2D eigenvalue weighted by atomic mass is 9.87. The standard InChI is InChI=1S/C25H30N6O3/c1-13-22(28-14-10-15(11-14)29-24(33)34-25(2,3)4)31-21-16(6-5-7-19(21)27-13)20-12-17-18(30-20)8-9-26-23(17)32/h5-7,12,14-15,30H,8-11H2,1-4H3,(H,26,32)(H,28,31)(H,29,33)/t14-,15-. The SMILES string of the molecule is Cc1nc2cccc(-c3cc4c([nH]3)CCNC4=O)c2nc1N[C@H]1C[C@H](NC(=O)OC(C)(C)C)C1. The van der Waals surface area contributed by atoms with E-state index in [1.165, 1.54) is 0 Å². The Balaban J connectivity index is 1.34. The highest BCUT2D eigenvalue weighted by Gasteiger charge is 2.32. The zero-order valence-electron chi connectivity index (χ0n) is 19.9. The van der Waals surface area contributed by atoms with E-state index in [2.05, 4.69) is 20.9 Å². The van der Waals surface area contributed by atoms with E-state index in [4.69, 9.17) is 14.7 Å². The van der Waals surface area contributed by atoms with Gasteiger partial charge in [-0.15, -0.1) is 0 Å². The second kappa shape index (κ2) is 8.30. The number of fused-ring (bicyclic) bond motifs is 2. The predicted molar refractivity (Wildman–Crippen MR) is 130 cm³/mol. The molecule has 0 atom stereocenters. The van der Waals surface area contributed by atoms with Crippen LogP contribution in [0, 0.1) is 6.92 Å². The van der Waals surface area contributed by atoms with Gasteiger partial charge in [-0.1, -0.05) is 12.1 Å². The highest BCUT2D eigenvalue weighted by Crippen LogP contribution is 2.31. The maximum atomic E-state index is 12.2. The van der Waals surface area contributed by atoms with Crippen molar-refractivity contribution in [2.45, 2.75) is 64.6 Å². The van der Waals surface area contributed by atoms with Crippen molar-refractivity contribution in [1.82, 2.24) is 25.6 Å². The second-order valence-corrected chi connectivity index (χ2v) is 10.1. The third kappa shape index (κ3) is 4.42. The fraction of sp³-hybridized carbons (Fsp3) is 0.440. The van der Waals surface area contributed by atoms with Crippen LogP contribution >= 0.6 is 0 Å². The van der Waals surface area contributed by atoms with Crippen LogP contribution in [0.4, 0.5) is 10.6 Å². The number of nitrogens with one attached hydrogen (secondary N) is 4. The average Bonchev–Trinajstić information content (AvgIpc) is 3.16. The molecule has 1 fully saturated rings. The summed E-state index contributed by atoms with van der Waals surface area (Å²) in [4.78, 5) is 37.3. The lowest BCUT2D eigenvalue weighted by Gasteiger charge is -2.37. The van der Waals surface area contributed by atoms with E-state index in [-0.39, 0.29) is 24.1 Å². The summed E-state index contributed by atoms with van der Waals surface area (Å²) in [5.74, 6) is 0.683. The molecule has 0 bridgehead atoms. The number of alkyl carbamates (subject to hydrolysis) is 1. The molecule has 3 aromatic rings. The molecule has 2 aromatic heterocycles. The number of aromatic nitrogens is 3. The van der Waals surface area contributed by atoms with Crippen molar-refractivity contribution in [3.63, 3.8) is 0 Å². The molecule has 2 amide bonds. The first-order valence-electron chi connectivity index (χ1n) is 11.7. The number of carbonyl (C=O) groups excluding carboxylic acids is 2. The Morgan fingerprint density at radius 1 is 1.15 bits per heavy atom. The molecule has 5 rings (SSSR count). The van der Waals surface area contributed by atoms with Gasteiger partial charge in [0.15, 0.2) is 0 Å². The van der Waals surface area contributed by atoms with Crippen molar-refractivity contribution in [2.75, 3.05) is 11.9 Å². The predicted octanol–water partition coefficient (Wildman–Crippen LogP) is 3.69. The Kier molecular flexibility index (Phi) is 5.42. The molecule has 1 aliphatic heterocycles. The number of ether oxygens (including phenoxy) is 1. The highest BCUT2D eigenvalue weighted by atomic mass is 16.6. The monoisotopic (exact) mass is 462 g/mol. The number of aromatic amines is 1. The summed E-state index contributed by atoms with van der Waals surface area (Å²) in [7, 11) is 0. The fourth-order valence-corrected chi connectivity index (χ4v) is 4.48. The maximum absolute atomic E-state index is 12.2. The Labute approximate surface area is 198 Å². The zero-order chi connectivity index (χ0) is 24.0. The van der Waals surface area contributed by atoms with E-state index in [1.807, 2.05) is 52.0 Å². The van der Waals surface area contributed by atoms with Crippen LogP contribution in [0.3, 0.4) is 0 Å². The van der Waals surface area contributed by atoms with Crippen LogP contribution < -0.4 is 16.0 Å². The molecule has 0 radical (unpaired) electrons. The fourth-order valence-electron chi connectivity index (χ4n) is 4.48. The Morgan fingerprint density at radius 2 is 1.94 bits per heavy atom. The van der Waals surface area contributed by atoms with Gasteiger partial charge in [0.25, 0.3) is 5.91 Å². The van der Waals surface area contributed by atoms with E-state index >= 15 is 0 Å². The summed E-state index contributed by atoms with van der Waals surface area (Å²) in [5, 5.41) is 9.29. The van der Waals surface area contributed by atoms with Gasteiger partial charge in [0.1, 0.15) is 16.9 Å². The number of para-hydroxylation sites is 1. The summed E-state index contributed by atoms with van der Waals surface area (Å²) in [5.41, 5.74) is 5.30. The maximum Gasteiger partial charge on any atom is 0.407 e. The topological polar surface area (TPSA) is 121 Å². The lowest BCUT2D eigenvalue weighted by Crippen LogP contribution is -2.50. The van der Waals surface area contributed by atoms with E-state index in [0.29, 0.717) is 12.1 Å². The van der Waals surface area contributed by atoms with Crippen LogP contribution in [0.5, 0.6) is 0 Å². The minimum absolute atomic E-state index is 0.0483. The molecule has 9 heteroatoms. The van der Waals surface area contributed by atoms with Crippen LogP contribution in [-0.2, 0) is 11.2 Å². The van der Waals surface area contributed by atoms with Crippen LogP contribution in [0.2, 0.25) is 0 Å². The molecule has 3 heterocycles. The minimum Gasteiger partial charge on any atom is -0.444 e. The molecule has 2 aliphatic rings. The Hall–Kier alpha value is -3.62. The van der Waals surface area contributed by atoms with E-state index in [9.17, 15) is 9.59 Å². The number of hydrogen-bond donors (Lipinski definition) is 4. The number of amides is 2.